The molecule has 4 heterocycles. The highest BCUT2D eigenvalue weighted by Crippen LogP contribution is 2.24. The van der Waals surface area contributed by atoms with Crippen LogP contribution in [0.3, 0.4) is 0 Å². The first-order chi connectivity index (χ1) is 13.1. The van der Waals surface area contributed by atoms with E-state index in [0.717, 1.165) is 11.4 Å². The van der Waals surface area contributed by atoms with E-state index in [-0.39, 0.29) is 11.8 Å². The van der Waals surface area contributed by atoms with Gasteiger partial charge in [0.1, 0.15) is 0 Å². The van der Waals surface area contributed by atoms with Crippen molar-refractivity contribution in [1.29, 1.82) is 0 Å². The van der Waals surface area contributed by atoms with Crippen LogP contribution in [0.4, 0.5) is 0 Å². The number of hydrogen-bond acceptors (Lipinski definition) is 5. The van der Waals surface area contributed by atoms with Crippen molar-refractivity contribution in [3.63, 3.8) is 0 Å². The van der Waals surface area contributed by atoms with Gasteiger partial charge in [0.25, 0.3) is 5.91 Å². The molecule has 1 saturated heterocycles. The molecule has 1 fully saturated rings. The predicted molar refractivity (Wildman–Crippen MR) is 99.4 cm³/mol. The summed E-state index contributed by atoms with van der Waals surface area (Å²) >= 11 is 0. The largest absolute Gasteiger partial charge is 0.391 e. The molecule has 3 aromatic heterocycles. The van der Waals surface area contributed by atoms with Crippen LogP contribution in [0.5, 0.6) is 0 Å². The molecule has 2 atom stereocenters. The molecule has 1 aliphatic rings. The number of aliphatic hydroxyl groups excluding tert-OH is 1. The van der Waals surface area contributed by atoms with E-state index in [4.69, 9.17) is 0 Å². The molecule has 0 aliphatic carbocycles. The number of nitrogens with zero attached hydrogens (tertiary/aromatic N) is 5. The van der Waals surface area contributed by atoms with E-state index in [9.17, 15) is 9.90 Å². The fourth-order valence-corrected chi connectivity index (χ4v) is 3.51. The van der Waals surface area contributed by atoms with Gasteiger partial charge < -0.3 is 10.0 Å². The number of likely N-dealkylation sites (tertiary alicyclic amines) is 1. The van der Waals surface area contributed by atoms with Crippen LogP contribution in [0.25, 0.3) is 5.82 Å². The van der Waals surface area contributed by atoms with Crippen LogP contribution in [0, 0.1) is 12.8 Å². The minimum Gasteiger partial charge on any atom is -0.391 e. The van der Waals surface area contributed by atoms with Gasteiger partial charge in [0, 0.05) is 37.1 Å². The van der Waals surface area contributed by atoms with Gasteiger partial charge in [0.2, 0.25) is 0 Å². The molecular formula is C20H21N5O2. The summed E-state index contributed by atoms with van der Waals surface area (Å²) in [5, 5.41) is 14.7. The second-order valence-electron chi connectivity index (χ2n) is 6.81. The molecule has 1 N–H and O–H groups in total. The van der Waals surface area contributed by atoms with Gasteiger partial charge in [0.05, 0.1) is 23.6 Å². The Bertz CT molecular complexity index is 926. The van der Waals surface area contributed by atoms with Crippen molar-refractivity contribution in [1.82, 2.24) is 24.6 Å². The van der Waals surface area contributed by atoms with E-state index in [1.165, 1.54) is 0 Å². The quantitative estimate of drug-likeness (QED) is 0.762. The van der Waals surface area contributed by atoms with Crippen LogP contribution in [-0.2, 0) is 6.42 Å². The van der Waals surface area contributed by atoms with Crippen LogP contribution in [0.2, 0.25) is 0 Å². The minimum atomic E-state index is -0.554. The minimum absolute atomic E-state index is 0.0185. The molecule has 7 heteroatoms. The average molecular weight is 363 g/mol. The first-order valence-electron chi connectivity index (χ1n) is 8.97. The van der Waals surface area contributed by atoms with Crippen LogP contribution in [-0.4, -0.2) is 54.9 Å². The van der Waals surface area contributed by atoms with Crippen molar-refractivity contribution in [2.75, 3.05) is 13.1 Å². The van der Waals surface area contributed by atoms with Crippen LogP contribution in [0.1, 0.15) is 21.7 Å². The third-order valence-corrected chi connectivity index (χ3v) is 5.00. The fraction of sp³-hybridized carbons (Fsp3) is 0.300. The molecule has 0 saturated carbocycles. The van der Waals surface area contributed by atoms with Crippen LogP contribution >= 0.6 is 0 Å². The molecule has 0 spiro atoms. The van der Waals surface area contributed by atoms with E-state index in [1.54, 1.807) is 28.2 Å². The first kappa shape index (κ1) is 17.4. The Labute approximate surface area is 157 Å². The number of pyridine rings is 2. The summed E-state index contributed by atoms with van der Waals surface area (Å²) < 4.78 is 1.66. The second kappa shape index (κ2) is 7.28. The first-order valence-corrected chi connectivity index (χ1v) is 8.97. The maximum absolute atomic E-state index is 13.0. The number of aliphatic hydroxyl groups is 1. The monoisotopic (exact) mass is 363 g/mol. The van der Waals surface area contributed by atoms with E-state index in [0.29, 0.717) is 30.9 Å². The van der Waals surface area contributed by atoms with Gasteiger partial charge in [-0.2, -0.15) is 5.10 Å². The Morgan fingerprint density at radius 3 is 2.63 bits per heavy atom. The van der Waals surface area contributed by atoms with Gasteiger partial charge in [-0.25, -0.2) is 9.67 Å². The lowest BCUT2D eigenvalue weighted by atomic mass is 10.00. The Kier molecular flexibility index (Phi) is 4.68. The summed E-state index contributed by atoms with van der Waals surface area (Å²) in [4.78, 5) is 23.3. The van der Waals surface area contributed by atoms with E-state index in [2.05, 4.69) is 15.1 Å². The molecule has 4 rings (SSSR count). The van der Waals surface area contributed by atoms with Gasteiger partial charge in [-0.3, -0.25) is 9.78 Å². The number of carbonyl (C=O) groups excluding carboxylic acids is 1. The van der Waals surface area contributed by atoms with Crippen molar-refractivity contribution in [2.24, 2.45) is 5.92 Å². The SMILES string of the molecule is Cc1c(C(=O)N2C[C@@H](Cc3ccccn3)[C@H](O)C2)cnn1-c1ccccn1. The Hall–Kier alpha value is -3.06. The number of amides is 1. The Morgan fingerprint density at radius 1 is 1.15 bits per heavy atom. The van der Waals surface area contributed by atoms with Crippen molar-refractivity contribution >= 4 is 5.91 Å². The van der Waals surface area contributed by atoms with Crippen molar-refractivity contribution in [2.45, 2.75) is 19.4 Å². The lowest BCUT2D eigenvalue weighted by Gasteiger charge is -2.16. The van der Waals surface area contributed by atoms with Gasteiger partial charge in [-0.15, -0.1) is 0 Å². The van der Waals surface area contributed by atoms with Crippen molar-refractivity contribution in [3.8, 4) is 5.82 Å². The normalized spacial score (nSPS) is 19.4. The van der Waals surface area contributed by atoms with E-state index < -0.39 is 6.10 Å². The van der Waals surface area contributed by atoms with Gasteiger partial charge in [-0.1, -0.05) is 12.1 Å². The molecule has 0 unspecified atom stereocenters. The molecule has 1 amide bonds. The molecule has 3 aromatic rings. The smallest absolute Gasteiger partial charge is 0.257 e. The summed E-state index contributed by atoms with van der Waals surface area (Å²) in [7, 11) is 0. The number of aromatic nitrogens is 4. The van der Waals surface area contributed by atoms with Crippen molar-refractivity contribution in [3.05, 3.63) is 71.9 Å². The Morgan fingerprint density at radius 2 is 1.93 bits per heavy atom. The number of rotatable bonds is 4. The van der Waals surface area contributed by atoms with E-state index in [1.807, 2.05) is 43.3 Å². The molecule has 0 radical (unpaired) electrons. The third-order valence-electron chi connectivity index (χ3n) is 5.00. The van der Waals surface area contributed by atoms with Gasteiger partial charge in [0.15, 0.2) is 5.82 Å². The highest BCUT2D eigenvalue weighted by Gasteiger charge is 2.35. The summed E-state index contributed by atoms with van der Waals surface area (Å²) in [6, 6.07) is 11.3. The van der Waals surface area contributed by atoms with Gasteiger partial charge >= 0.3 is 0 Å². The number of β-amino-alcohol motifs (C(OH)–C–C–N with tert-alkyl or cyclic N) is 1. The number of carbonyl (C=O) groups is 1. The summed E-state index contributed by atoms with van der Waals surface area (Å²) in [6.45, 7) is 2.68. The number of hydrogen-bond donors (Lipinski definition) is 1. The zero-order valence-corrected chi connectivity index (χ0v) is 15.1. The highest BCUT2D eigenvalue weighted by atomic mass is 16.3. The third kappa shape index (κ3) is 3.46. The molecule has 0 aromatic carbocycles. The molecule has 7 nitrogen and oxygen atoms in total. The zero-order chi connectivity index (χ0) is 18.8. The summed E-state index contributed by atoms with van der Waals surface area (Å²) in [5.41, 5.74) is 2.20. The van der Waals surface area contributed by atoms with Crippen molar-refractivity contribution < 1.29 is 9.90 Å². The van der Waals surface area contributed by atoms with Crippen LogP contribution in [0.15, 0.2) is 55.0 Å². The lowest BCUT2D eigenvalue weighted by molar-refractivity contribution is 0.0764. The highest BCUT2D eigenvalue weighted by molar-refractivity contribution is 5.95. The molecule has 1 aliphatic heterocycles. The molecule has 138 valence electrons. The topological polar surface area (TPSA) is 84.1 Å². The summed E-state index contributed by atoms with van der Waals surface area (Å²) in [6.07, 6.45) is 5.11. The lowest BCUT2D eigenvalue weighted by Crippen LogP contribution is -2.30. The molecular weight excluding hydrogens is 342 g/mol. The summed E-state index contributed by atoms with van der Waals surface area (Å²) in [5.74, 6) is 0.538. The molecule has 0 bridgehead atoms. The maximum Gasteiger partial charge on any atom is 0.257 e. The standard InChI is InChI=1S/C20H21N5O2/c1-14-17(11-23-25(14)19-7-3-5-9-22-19)20(27)24-12-15(18(26)13-24)10-16-6-2-4-8-21-16/h2-9,11,15,18,26H,10,12-13H2,1H3/t15-,18-/m1/s1. The average Bonchev–Trinajstić information content (AvgIpc) is 3.26. The molecule has 27 heavy (non-hydrogen) atoms. The van der Waals surface area contributed by atoms with E-state index >= 15 is 0 Å². The Balaban J connectivity index is 1.50. The van der Waals surface area contributed by atoms with Gasteiger partial charge in [-0.05, 0) is 37.6 Å². The maximum atomic E-state index is 13.0. The zero-order valence-electron chi connectivity index (χ0n) is 15.1. The second-order valence-corrected chi connectivity index (χ2v) is 6.81. The fourth-order valence-electron chi connectivity index (χ4n) is 3.51. The predicted octanol–water partition coefficient (Wildman–Crippen LogP) is 1.65. The van der Waals surface area contributed by atoms with Crippen LogP contribution < -0.4 is 0 Å².